The molecule has 4 heterocycles. The number of ether oxygens (including phenoxy) is 1. The zero-order valence-corrected chi connectivity index (χ0v) is 45.4. The third kappa shape index (κ3) is 7.45. The first-order valence-corrected chi connectivity index (χ1v) is 28.3. The minimum atomic E-state index is -0.145. The lowest BCUT2D eigenvalue weighted by Crippen LogP contribution is -2.65. The second-order valence-corrected chi connectivity index (χ2v) is 21.7. The Bertz CT molecular complexity index is 4400. The van der Waals surface area contributed by atoms with Gasteiger partial charge in [-0.15, -0.1) is 0 Å². The monoisotopic (exact) mass is 1050 g/mol. The summed E-state index contributed by atoms with van der Waals surface area (Å²) in [5, 5.41) is 0. The van der Waals surface area contributed by atoms with Gasteiger partial charge in [-0.05, 0) is 161 Å². The van der Waals surface area contributed by atoms with E-state index in [0.717, 1.165) is 96.8 Å². The first-order chi connectivity index (χ1) is 40.6. The number of para-hydroxylation sites is 9. The van der Waals surface area contributed by atoms with Gasteiger partial charge in [-0.1, -0.05) is 170 Å². The van der Waals surface area contributed by atoms with E-state index in [1.807, 2.05) is 30.3 Å². The largest absolute Gasteiger partial charge is 0.457 e. The summed E-state index contributed by atoms with van der Waals surface area (Å²) in [5.41, 5.74) is 26.5. The van der Waals surface area contributed by atoms with Crippen LogP contribution >= 0.6 is 0 Å². The van der Waals surface area contributed by atoms with E-state index < -0.39 is 0 Å². The van der Waals surface area contributed by atoms with Gasteiger partial charge in [0.25, 0.3) is 13.4 Å². The van der Waals surface area contributed by atoms with Gasteiger partial charge in [-0.25, -0.2) is 0 Å². The predicted molar refractivity (Wildman–Crippen MR) is 345 cm³/mol. The fourth-order valence-electron chi connectivity index (χ4n) is 13.6. The Labute approximate surface area is 479 Å². The summed E-state index contributed by atoms with van der Waals surface area (Å²) in [6.45, 7) is 4.16. The SMILES string of the molecule is Cc1ccccc1N(c1cc2c3c(c1)N(c1ccccc1)c1cc4c(cc1B3c1ccccc1N2c1ccccc1)B1c2ccccc2N(c2ccccc2)c2cc(Oc3ccccc3)cc(c21)N4c1ccccc1)c1ccccc1C. The van der Waals surface area contributed by atoms with E-state index in [2.05, 4.69) is 293 Å². The Morgan fingerprint density at radius 3 is 1.04 bits per heavy atom. The maximum atomic E-state index is 6.95. The number of aryl methyl sites for hydroxylation is 2. The molecule has 0 fully saturated rings. The molecule has 0 aliphatic carbocycles. The van der Waals surface area contributed by atoms with Crippen molar-refractivity contribution >= 4 is 132 Å². The van der Waals surface area contributed by atoms with Crippen molar-refractivity contribution in [2.24, 2.45) is 0 Å². The standard InChI is InChI=1S/C74H53B2N5O/c1-50-26-18-22-40-63(50)81(64-41-23-19-27-51(64)2)56-44-69-73-70(45-56)79(54-32-12-5-13-33-54)67-49-68-62(48-61(67)75(73)59-38-20-24-42-65(59)77(69)52-28-8-3-9-29-52)76-60-39-21-25-43-66(60)78(53-30-10-4-11-31-53)71-46-58(82-57-36-16-7-17-37-57)47-72(74(71)76)80(68)55-34-14-6-15-35-55/h3-49H,1-2H3. The highest BCUT2D eigenvalue weighted by Crippen LogP contribution is 2.52. The Balaban J connectivity index is 1.03. The van der Waals surface area contributed by atoms with Crippen LogP contribution in [-0.4, -0.2) is 13.4 Å². The minimum Gasteiger partial charge on any atom is -0.457 e. The van der Waals surface area contributed by atoms with Crippen LogP contribution in [0.4, 0.5) is 85.3 Å². The highest BCUT2D eigenvalue weighted by Gasteiger charge is 2.49. The lowest BCUT2D eigenvalue weighted by Gasteiger charge is -2.47. The predicted octanol–water partition coefficient (Wildman–Crippen LogP) is 15.7. The molecule has 0 bridgehead atoms. The highest BCUT2D eigenvalue weighted by atomic mass is 16.5. The normalized spacial score (nSPS) is 13.1. The number of hydrogen-bond donors (Lipinski definition) is 0. The third-order valence-corrected chi connectivity index (χ3v) is 17.0. The van der Waals surface area contributed by atoms with Crippen LogP contribution < -0.4 is 62.0 Å². The van der Waals surface area contributed by atoms with Crippen LogP contribution in [0.5, 0.6) is 11.5 Å². The smallest absolute Gasteiger partial charge is 0.252 e. The molecule has 16 rings (SSSR count). The zero-order chi connectivity index (χ0) is 54.4. The molecule has 8 heteroatoms. The number of fused-ring (bicyclic) bond motifs is 8. The van der Waals surface area contributed by atoms with Crippen LogP contribution in [0.2, 0.25) is 0 Å². The van der Waals surface area contributed by atoms with Crippen LogP contribution in [0.1, 0.15) is 11.1 Å². The average molecular weight is 1050 g/mol. The minimum absolute atomic E-state index is 0.142. The molecule has 0 atom stereocenters. The van der Waals surface area contributed by atoms with Crippen molar-refractivity contribution < 1.29 is 4.74 Å². The van der Waals surface area contributed by atoms with E-state index >= 15 is 0 Å². The molecular formula is C74H53B2N5O. The second-order valence-electron chi connectivity index (χ2n) is 21.7. The molecular weight excluding hydrogens is 996 g/mol. The maximum absolute atomic E-state index is 6.95. The van der Waals surface area contributed by atoms with Gasteiger partial charge in [-0.2, -0.15) is 0 Å². The average Bonchev–Trinajstić information content (AvgIpc) is 2.44. The lowest BCUT2D eigenvalue weighted by molar-refractivity contribution is 0.483. The van der Waals surface area contributed by atoms with E-state index in [9.17, 15) is 0 Å². The van der Waals surface area contributed by atoms with Crippen LogP contribution in [0.15, 0.2) is 285 Å². The van der Waals surface area contributed by atoms with Gasteiger partial charge in [0.1, 0.15) is 11.5 Å². The van der Waals surface area contributed by atoms with E-state index in [-0.39, 0.29) is 13.4 Å². The molecule has 4 aliphatic rings. The van der Waals surface area contributed by atoms with Gasteiger partial charge in [0.15, 0.2) is 0 Å². The quantitative estimate of drug-likeness (QED) is 0.134. The Kier molecular flexibility index (Phi) is 11.1. The molecule has 0 amide bonds. The van der Waals surface area contributed by atoms with Gasteiger partial charge in [-0.3, -0.25) is 0 Å². The molecule has 0 radical (unpaired) electrons. The first-order valence-electron chi connectivity index (χ1n) is 28.3. The van der Waals surface area contributed by atoms with Gasteiger partial charge in [0.2, 0.25) is 0 Å². The summed E-state index contributed by atoms with van der Waals surface area (Å²) in [4.78, 5) is 12.5. The van der Waals surface area contributed by atoms with Crippen molar-refractivity contribution in [3.8, 4) is 11.5 Å². The summed E-state index contributed by atoms with van der Waals surface area (Å²) >= 11 is 0. The summed E-state index contributed by atoms with van der Waals surface area (Å²) in [6, 6.07) is 104. The van der Waals surface area contributed by atoms with Crippen molar-refractivity contribution in [3.05, 3.63) is 296 Å². The van der Waals surface area contributed by atoms with E-state index in [1.165, 1.54) is 43.9 Å². The number of benzene rings is 12. The van der Waals surface area contributed by atoms with Gasteiger partial charge in [0.05, 0.1) is 5.69 Å². The van der Waals surface area contributed by atoms with Crippen LogP contribution in [0, 0.1) is 13.8 Å². The molecule has 12 aromatic rings. The van der Waals surface area contributed by atoms with Crippen LogP contribution in [0.3, 0.4) is 0 Å². The highest BCUT2D eigenvalue weighted by molar-refractivity contribution is 7.03. The number of nitrogens with zero attached hydrogens (tertiary/aromatic N) is 5. The summed E-state index contributed by atoms with van der Waals surface area (Å²) in [7, 11) is 0. The topological polar surface area (TPSA) is 25.4 Å². The van der Waals surface area contributed by atoms with Gasteiger partial charge in [0, 0.05) is 91.8 Å². The Hall–Kier alpha value is -10.4. The summed E-state index contributed by atoms with van der Waals surface area (Å²) < 4.78 is 6.95. The van der Waals surface area contributed by atoms with Crippen LogP contribution in [0.25, 0.3) is 0 Å². The van der Waals surface area contributed by atoms with Gasteiger partial charge >= 0.3 is 0 Å². The van der Waals surface area contributed by atoms with E-state index in [4.69, 9.17) is 4.74 Å². The Morgan fingerprint density at radius 2 is 0.622 bits per heavy atom. The molecule has 0 unspecified atom stereocenters. The fourth-order valence-corrected chi connectivity index (χ4v) is 13.6. The molecule has 0 saturated heterocycles. The summed E-state index contributed by atoms with van der Waals surface area (Å²) in [6.07, 6.45) is 0. The molecule has 12 aromatic carbocycles. The zero-order valence-electron chi connectivity index (χ0n) is 45.4. The summed E-state index contributed by atoms with van der Waals surface area (Å²) in [5.74, 6) is 1.54. The van der Waals surface area contributed by atoms with Crippen molar-refractivity contribution in [1.82, 2.24) is 0 Å². The van der Waals surface area contributed by atoms with Crippen molar-refractivity contribution in [3.63, 3.8) is 0 Å². The van der Waals surface area contributed by atoms with E-state index in [1.54, 1.807) is 0 Å². The Morgan fingerprint density at radius 1 is 0.280 bits per heavy atom. The molecule has 6 nitrogen and oxygen atoms in total. The van der Waals surface area contributed by atoms with E-state index in [0.29, 0.717) is 0 Å². The number of rotatable bonds is 9. The van der Waals surface area contributed by atoms with Crippen molar-refractivity contribution in [2.75, 3.05) is 24.5 Å². The lowest BCUT2D eigenvalue weighted by atomic mass is 9.30. The fraction of sp³-hybridized carbons (Fsp3) is 0.0270. The van der Waals surface area contributed by atoms with Crippen molar-refractivity contribution in [2.45, 2.75) is 13.8 Å². The molecule has 0 aromatic heterocycles. The molecule has 0 spiro atoms. The molecule has 386 valence electrons. The second kappa shape index (κ2) is 19.1. The van der Waals surface area contributed by atoms with Crippen LogP contribution in [-0.2, 0) is 0 Å². The molecule has 4 aliphatic heterocycles. The van der Waals surface area contributed by atoms with Gasteiger partial charge < -0.3 is 29.2 Å². The number of anilines is 15. The maximum Gasteiger partial charge on any atom is 0.252 e. The number of hydrogen-bond acceptors (Lipinski definition) is 6. The molecule has 0 saturated carbocycles. The third-order valence-electron chi connectivity index (χ3n) is 17.0. The molecule has 82 heavy (non-hydrogen) atoms. The first kappa shape index (κ1) is 47.6. The van der Waals surface area contributed by atoms with Crippen molar-refractivity contribution in [1.29, 1.82) is 0 Å². The molecule has 0 N–H and O–H groups in total.